The Balaban J connectivity index is 0.000000527. The van der Waals surface area contributed by atoms with Gasteiger partial charge in [0.2, 0.25) is 0 Å². The number of nitrogens with zero attached hydrogens (tertiary/aromatic N) is 2. The molecule has 3 aromatic rings. The number of terminal acetylenes is 1. The summed E-state index contributed by atoms with van der Waals surface area (Å²) in [6.07, 6.45) is 14.5. The molecule has 0 aliphatic rings. The summed E-state index contributed by atoms with van der Waals surface area (Å²) in [5.74, 6) is 0.884. The second kappa shape index (κ2) is 12.5. The lowest BCUT2D eigenvalue weighted by Gasteiger charge is -2.10. The molecule has 3 nitrogen and oxygen atoms in total. The van der Waals surface area contributed by atoms with Crippen molar-refractivity contribution in [3.8, 4) is 18.5 Å². The van der Waals surface area contributed by atoms with Crippen molar-refractivity contribution in [3.05, 3.63) is 70.8 Å². The van der Waals surface area contributed by atoms with Gasteiger partial charge >= 0.3 is 0 Å². The van der Waals surface area contributed by atoms with Crippen LogP contribution in [-0.2, 0) is 0 Å². The predicted octanol–water partition coefficient (Wildman–Crippen LogP) is 7.51. The molecule has 1 N–H and O–H groups in total. The number of fused-ring (bicyclic) bond motifs is 1. The Morgan fingerprint density at radius 1 is 1.10 bits per heavy atom. The number of nitrogens with one attached hydrogen (secondary N) is 1. The predicted molar refractivity (Wildman–Crippen MR) is 130 cm³/mol. The highest BCUT2D eigenvalue weighted by Crippen LogP contribution is 2.25. The largest absolute Gasteiger partial charge is 0.268 e. The van der Waals surface area contributed by atoms with Gasteiger partial charge in [0.25, 0.3) is 0 Å². The van der Waals surface area contributed by atoms with Crippen LogP contribution in [0.3, 0.4) is 0 Å². The Morgan fingerprint density at radius 2 is 1.72 bits per heavy atom. The summed E-state index contributed by atoms with van der Waals surface area (Å²) in [4.78, 5) is 0. The fraction of sp³-hybridized carbons (Fsp3) is 0.280. The monoisotopic (exact) mass is 405 g/mol. The molecule has 0 aliphatic heterocycles. The minimum Gasteiger partial charge on any atom is -0.268 e. The molecule has 0 unspecified atom stereocenters. The van der Waals surface area contributed by atoms with Gasteiger partial charge in [0, 0.05) is 5.39 Å². The van der Waals surface area contributed by atoms with Gasteiger partial charge in [-0.05, 0) is 63.4 Å². The van der Waals surface area contributed by atoms with E-state index in [1.54, 1.807) is 0 Å². The van der Waals surface area contributed by atoms with Crippen LogP contribution in [0, 0.1) is 17.6 Å². The smallest absolute Gasteiger partial charge is 0.200 e. The van der Waals surface area contributed by atoms with Crippen LogP contribution in [0.1, 0.15) is 53.3 Å². The maximum atomic E-state index is 5.47. The van der Waals surface area contributed by atoms with Crippen LogP contribution in [0.25, 0.3) is 22.0 Å². The number of rotatable bonds is 4. The minimum absolute atomic E-state index is 0.621. The van der Waals surface area contributed by atoms with E-state index < -0.39 is 0 Å². The Labute approximate surface area is 180 Å². The van der Waals surface area contributed by atoms with Crippen LogP contribution < -0.4 is 0 Å². The first-order valence-corrected chi connectivity index (χ1v) is 10.2. The Bertz CT molecular complexity index is 1040. The van der Waals surface area contributed by atoms with Crippen LogP contribution in [0.4, 0.5) is 0 Å². The molecule has 3 rings (SSSR count). The third-order valence-electron chi connectivity index (χ3n) is 4.35. The van der Waals surface area contributed by atoms with Crippen molar-refractivity contribution in [1.82, 2.24) is 14.8 Å². The number of allylic oxidation sites excluding steroid dienone is 4. The summed E-state index contributed by atoms with van der Waals surface area (Å²) >= 11 is 5.47. The summed E-state index contributed by atoms with van der Waals surface area (Å²) in [6.45, 7) is 10.5. The molecular formula is C25H31N3S. The zero-order valence-electron chi connectivity index (χ0n) is 18.1. The lowest BCUT2D eigenvalue weighted by atomic mass is 10.1. The van der Waals surface area contributed by atoms with Crippen molar-refractivity contribution < 1.29 is 0 Å². The lowest BCUT2D eigenvalue weighted by Crippen LogP contribution is -2.01. The summed E-state index contributed by atoms with van der Waals surface area (Å²) in [5.41, 5.74) is 3.59. The minimum atomic E-state index is 0.621. The number of unbranched alkanes of at least 4 members (excludes halogenated alkanes) is 1. The number of benzene rings is 2. The molecule has 0 amide bonds. The van der Waals surface area contributed by atoms with Gasteiger partial charge in [0.05, 0.1) is 5.69 Å². The number of aromatic nitrogens is 3. The highest BCUT2D eigenvalue weighted by molar-refractivity contribution is 7.71. The average molecular weight is 406 g/mol. The third-order valence-corrected chi connectivity index (χ3v) is 4.62. The van der Waals surface area contributed by atoms with E-state index in [0.29, 0.717) is 4.77 Å². The maximum absolute atomic E-state index is 5.47. The summed E-state index contributed by atoms with van der Waals surface area (Å²) in [5, 5.41) is 9.73. The highest BCUT2D eigenvalue weighted by atomic mass is 32.1. The zero-order valence-corrected chi connectivity index (χ0v) is 18.9. The lowest BCUT2D eigenvalue weighted by molar-refractivity contribution is 0.950. The van der Waals surface area contributed by atoms with Crippen molar-refractivity contribution in [3.63, 3.8) is 0 Å². The van der Waals surface area contributed by atoms with Crippen LogP contribution in [-0.4, -0.2) is 14.8 Å². The average Bonchev–Trinajstić information content (AvgIpc) is 3.14. The topological polar surface area (TPSA) is 33.6 Å². The van der Waals surface area contributed by atoms with Crippen LogP contribution in [0.15, 0.2) is 60.2 Å². The molecule has 1 heterocycles. The van der Waals surface area contributed by atoms with Gasteiger partial charge in [-0.2, -0.15) is 5.10 Å². The molecule has 0 atom stereocenters. The first-order chi connectivity index (χ1) is 14.0. The normalized spacial score (nSPS) is 10.4. The van der Waals surface area contributed by atoms with Crippen LogP contribution in [0.5, 0.6) is 0 Å². The van der Waals surface area contributed by atoms with Crippen LogP contribution >= 0.6 is 12.2 Å². The van der Waals surface area contributed by atoms with Gasteiger partial charge in [-0.3, -0.25) is 9.67 Å². The molecule has 152 valence electrons. The van der Waals surface area contributed by atoms with E-state index in [-0.39, 0.29) is 0 Å². The van der Waals surface area contributed by atoms with E-state index in [1.165, 1.54) is 16.3 Å². The SMILES string of the molecule is C#C.CC=C(C)C.CCC/C=C(\C)c1n[nH]c(=S)n1-c1cccc2ccccc12. The van der Waals surface area contributed by atoms with E-state index in [2.05, 4.69) is 99.3 Å². The number of hydrogen-bond acceptors (Lipinski definition) is 2. The van der Waals surface area contributed by atoms with E-state index in [4.69, 9.17) is 12.2 Å². The van der Waals surface area contributed by atoms with E-state index in [9.17, 15) is 0 Å². The number of hydrogen-bond donors (Lipinski definition) is 1. The third kappa shape index (κ3) is 6.58. The van der Waals surface area contributed by atoms with Gasteiger partial charge in [-0.1, -0.05) is 67.5 Å². The van der Waals surface area contributed by atoms with Crippen molar-refractivity contribution in [2.24, 2.45) is 0 Å². The quantitative estimate of drug-likeness (QED) is 0.277. The summed E-state index contributed by atoms with van der Waals surface area (Å²) in [6, 6.07) is 14.6. The molecule has 0 radical (unpaired) electrons. The second-order valence-electron chi connectivity index (χ2n) is 6.73. The van der Waals surface area contributed by atoms with Gasteiger partial charge in [0.15, 0.2) is 10.6 Å². The van der Waals surface area contributed by atoms with Gasteiger partial charge in [-0.15, -0.1) is 12.8 Å². The molecule has 1 aromatic heterocycles. The van der Waals surface area contributed by atoms with E-state index >= 15 is 0 Å². The molecule has 29 heavy (non-hydrogen) atoms. The van der Waals surface area contributed by atoms with Crippen molar-refractivity contribution in [1.29, 1.82) is 0 Å². The number of H-pyrrole nitrogens is 1. The zero-order chi connectivity index (χ0) is 21.8. The molecule has 0 spiro atoms. The van der Waals surface area contributed by atoms with Gasteiger partial charge < -0.3 is 0 Å². The maximum Gasteiger partial charge on any atom is 0.200 e. The molecule has 0 aliphatic carbocycles. The highest BCUT2D eigenvalue weighted by Gasteiger charge is 2.12. The Kier molecular flexibility index (Phi) is 10.4. The molecule has 0 saturated carbocycles. The summed E-state index contributed by atoms with van der Waals surface area (Å²) in [7, 11) is 0. The molecule has 2 aromatic carbocycles. The second-order valence-corrected chi connectivity index (χ2v) is 7.11. The van der Waals surface area contributed by atoms with Crippen molar-refractivity contribution in [2.45, 2.75) is 47.5 Å². The summed E-state index contributed by atoms with van der Waals surface area (Å²) < 4.78 is 2.65. The van der Waals surface area contributed by atoms with Crippen molar-refractivity contribution in [2.75, 3.05) is 0 Å². The molecule has 0 saturated heterocycles. The van der Waals surface area contributed by atoms with Crippen molar-refractivity contribution >= 4 is 28.6 Å². The molecular weight excluding hydrogens is 374 g/mol. The molecule has 0 bridgehead atoms. The van der Waals surface area contributed by atoms with E-state index in [0.717, 1.165) is 29.9 Å². The fourth-order valence-electron chi connectivity index (χ4n) is 2.64. The van der Waals surface area contributed by atoms with Gasteiger partial charge in [0.1, 0.15) is 0 Å². The van der Waals surface area contributed by atoms with Gasteiger partial charge in [-0.25, -0.2) is 0 Å². The molecule has 0 fully saturated rings. The standard InChI is InChI=1S/C18H19N3S.C5H10.C2H2/c1-3-4-8-13(2)17-19-20-18(22)21(17)16-12-7-10-14-9-5-6-11-15(14)16;1-4-5(2)3;1-2/h5-12H,3-4H2,1-2H3,(H,20,22);4H,1-3H3;1-2H/b13-8+;;. The van der Waals surface area contributed by atoms with E-state index in [1.807, 2.05) is 17.6 Å². The molecule has 4 heteroatoms. The Morgan fingerprint density at radius 3 is 2.34 bits per heavy atom. The Hall–Kier alpha value is -2.90. The first kappa shape index (κ1) is 24.1. The number of aromatic amines is 1. The fourth-order valence-corrected chi connectivity index (χ4v) is 2.87. The van der Waals surface area contributed by atoms with Crippen LogP contribution in [0.2, 0.25) is 0 Å². The first-order valence-electron chi connectivity index (χ1n) is 9.75.